The second-order valence-corrected chi connectivity index (χ2v) is 15.0. The summed E-state index contributed by atoms with van der Waals surface area (Å²) in [6.45, 7) is 4.77. The summed E-state index contributed by atoms with van der Waals surface area (Å²) >= 11 is 0. The SMILES string of the molecule is CCCC/C=C\CCCCCCCC(=O)OCCCCC/C=C\CCCCCCCC(=O)NC(CO)C(O)/C=C/CCCCCCCCCCCC. The van der Waals surface area contributed by atoms with Crippen LogP contribution in [0.5, 0.6) is 0 Å². The van der Waals surface area contributed by atoms with Crippen molar-refractivity contribution >= 4 is 11.9 Å². The van der Waals surface area contributed by atoms with Crippen molar-refractivity contribution in [1.29, 1.82) is 0 Å². The smallest absolute Gasteiger partial charge is 0.305 e. The lowest BCUT2D eigenvalue weighted by molar-refractivity contribution is -0.143. The number of hydrogen-bond donors (Lipinski definition) is 3. The van der Waals surface area contributed by atoms with Crippen LogP contribution in [0.3, 0.4) is 0 Å². The van der Waals surface area contributed by atoms with Crippen LogP contribution in [0.2, 0.25) is 0 Å². The first-order valence-corrected chi connectivity index (χ1v) is 22.3. The number of nitrogens with one attached hydrogen (secondary N) is 1. The number of carbonyl (C=O) groups is 2. The molecule has 0 aromatic heterocycles. The van der Waals surface area contributed by atoms with Crippen LogP contribution in [0.1, 0.15) is 219 Å². The van der Waals surface area contributed by atoms with E-state index in [0.29, 0.717) is 19.4 Å². The minimum atomic E-state index is -0.859. The van der Waals surface area contributed by atoms with E-state index in [1.807, 2.05) is 6.08 Å². The standard InChI is InChI=1S/C46H85NO5/c1-3-5-7-9-11-13-15-19-22-26-30-34-38-44(49)43(42-48)47-45(50)39-35-31-27-23-20-16-17-21-25-29-33-37-41-52-46(51)40-36-32-28-24-18-14-12-10-8-6-4-2/h10,12,17,21,34,38,43-44,48-49H,3-9,11,13-16,18-20,22-33,35-37,39-42H2,1-2H3,(H,47,50)/b12-10-,21-17-,38-34+. The highest BCUT2D eigenvalue weighted by Crippen LogP contribution is 2.13. The van der Waals surface area contributed by atoms with Crippen molar-refractivity contribution in [2.45, 2.75) is 231 Å². The number of aliphatic hydroxyl groups excluding tert-OH is 2. The van der Waals surface area contributed by atoms with Gasteiger partial charge in [0.1, 0.15) is 0 Å². The number of carbonyl (C=O) groups excluding carboxylic acids is 2. The molecule has 0 aromatic rings. The van der Waals surface area contributed by atoms with E-state index in [1.54, 1.807) is 6.08 Å². The average molecular weight is 732 g/mol. The van der Waals surface area contributed by atoms with E-state index >= 15 is 0 Å². The highest BCUT2D eigenvalue weighted by Gasteiger charge is 2.18. The lowest BCUT2D eigenvalue weighted by atomic mass is 10.1. The number of aliphatic hydroxyl groups is 2. The lowest BCUT2D eigenvalue weighted by Crippen LogP contribution is -2.45. The molecule has 0 aliphatic heterocycles. The number of rotatable bonds is 40. The summed E-state index contributed by atoms with van der Waals surface area (Å²) in [6, 6.07) is -0.645. The third kappa shape index (κ3) is 37.8. The summed E-state index contributed by atoms with van der Waals surface area (Å²) in [5.74, 6) is -0.134. The Labute approximate surface area is 322 Å². The molecule has 2 atom stereocenters. The van der Waals surface area contributed by atoms with Gasteiger partial charge in [-0.05, 0) is 83.5 Å². The molecule has 0 saturated heterocycles. The second kappa shape index (κ2) is 41.8. The Morgan fingerprint density at radius 1 is 0.519 bits per heavy atom. The van der Waals surface area contributed by atoms with Gasteiger partial charge < -0.3 is 20.3 Å². The van der Waals surface area contributed by atoms with E-state index in [0.717, 1.165) is 83.5 Å². The average Bonchev–Trinajstić information content (AvgIpc) is 3.14. The molecule has 304 valence electrons. The minimum Gasteiger partial charge on any atom is -0.466 e. The fourth-order valence-electron chi connectivity index (χ4n) is 6.37. The molecule has 6 nitrogen and oxygen atoms in total. The topological polar surface area (TPSA) is 95.9 Å². The molecule has 3 N–H and O–H groups in total. The summed E-state index contributed by atoms with van der Waals surface area (Å²) in [5.41, 5.74) is 0. The minimum absolute atomic E-state index is 0.0368. The maximum absolute atomic E-state index is 12.4. The zero-order valence-corrected chi connectivity index (χ0v) is 34.3. The number of esters is 1. The van der Waals surface area contributed by atoms with Gasteiger partial charge in [-0.3, -0.25) is 9.59 Å². The zero-order valence-electron chi connectivity index (χ0n) is 34.3. The van der Waals surface area contributed by atoms with Gasteiger partial charge in [-0.25, -0.2) is 0 Å². The predicted molar refractivity (Wildman–Crippen MR) is 222 cm³/mol. The Bertz CT molecular complexity index is 854. The highest BCUT2D eigenvalue weighted by atomic mass is 16.5. The van der Waals surface area contributed by atoms with Crippen molar-refractivity contribution in [3.63, 3.8) is 0 Å². The van der Waals surface area contributed by atoms with Gasteiger partial charge >= 0.3 is 5.97 Å². The van der Waals surface area contributed by atoms with Crippen molar-refractivity contribution in [2.24, 2.45) is 0 Å². The highest BCUT2D eigenvalue weighted by molar-refractivity contribution is 5.76. The third-order valence-electron chi connectivity index (χ3n) is 9.88. The van der Waals surface area contributed by atoms with Gasteiger partial charge in [0, 0.05) is 12.8 Å². The van der Waals surface area contributed by atoms with Crippen LogP contribution in [0, 0.1) is 0 Å². The molecule has 0 aromatic carbocycles. The fraction of sp³-hybridized carbons (Fsp3) is 0.826. The first-order chi connectivity index (χ1) is 25.5. The molecule has 0 saturated carbocycles. The van der Waals surface area contributed by atoms with E-state index in [9.17, 15) is 19.8 Å². The van der Waals surface area contributed by atoms with Crippen LogP contribution in [-0.2, 0) is 14.3 Å². The van der Waals surface area contributed by atoms with Crippen LogP contribution in [-0.4, -0.2) is 47.4 Å². The van der Waals surface area contributed by atoms with E-state index in [2.05, 4.69) is 43.5 Å². The summed E-state index contributed by atoms with van der Waals surface area (Å²) in [6.07, 6.45) is 48.4. The molecular weight excluding hydrogens is 647 g/mol. The summed E-state index contributed by atoms with van der Waals surface area (Å²) < 4.78 is 5.41. The van der Waals surface area contributed by atoms with E-state index in [4.69, 9.17) is 4.74 Å². The Kier molecular flexibility index (Phi) is 40.3. The first-order valence-electron chi connectivity index (χ1n) is 22.3. The van der Waals surface area contributed by atoms with Crippen LogP contribution < -0.4 is 5.32 Å². The number of hydrogen-bond acceptors (Lipinski definition) is 5. The van der Waals surface area contributed by atoms with Crippen LogP contribution in [0.15, 0.2) is 36.5 Å². The number of allylic oxidation sites excluding steroid dienone is 5. The molecule has 0 heterocycles. The molecule has 0 aliphatic rings. The summed E-state index contributed by atoms with van der Waals surface area (Å²) in [5, 5.41) is 22.9. The number of amides is 1. The Balaban J connectivity index is 3.58. The van der Waals surface area contributed by atoms with Crippen molar-refractivity contribution < 1.29 is 24.5 Å². The molecule has 0 rings (SSSR count). The third-order valence-corrected chi connectivity index (χ3v) is 9.88. The Morgan fingerprint density at radius 2 is 0.923 bits per heavy atom. The normalized spacial score (nSPS) is 13.1. The molecule has 1 amide bonds. The maximum Gasteiger partial charge on any atom is 0.305 e. The quantitative estimate of drug-likeness (QED) is 0.0331. The number of unbranched alkanes of at least 4 members (excludes halogenated alkanes) is 25. The monoisotopic (exact) mass is 732 g/mol. The van der Waals surface area contributed by atoms with Crippen molar-refractivity contribution in [3.8, 4) is 0 Å². The molecule has 52 heavy (non-hydrogen) atoms. The van der Waals surface area contributed by atoms with E-state index in [-0.39, 0.29) is 18.5 Å². The lowest BCUT2D eigenvalue weighted by Gasteiger charge is -2.20. The van der Waals surface area contributed by atoms with E-state index in [1.165, 1.54) is 109 Å². The summed E-state index contributed by atoms with van der Waals surface area (Å²) in [7, 11) is 0. The van der Waals surface area contributed by atoms with Crippen molar-refractivity contribution in [2.75, 3.05) is 13.2 Å². The molecule has 0 radical (unpaired) electrons. The van der Waals surface area contributed by atoms with Gasteiger partial charge in [-0.1, -0.05) is 159 Å². The van der Waals surface area contributed by atoms with Gasteiger partial charge in [0.25, 0.3) is 0 Å². The van der Waals surface area contributed by atoms with Crippen LogP contribution >= 0.6 is 0 Å². The van der Waals surface area contributed by atoms with Crippen LogP contribution in [0.25, 0.3) is 0 Å². The number of ether oxygens (including phenoxy) is 1. The van der Waals surface area contributed by atoms with Crippen molar-refractivity contribution in [1.82, 2.24) is 5.32 Å². The molecular formula is C46H85NO5. The van der Waals surface area contributed by atoms with Crippen LogP contribution in [0.4, 0.5) is 0 Å². The Morgan fingerprint density at radius 3 is 1.42 bits per heavy atom. The zero-order chi connectivity index (χ0) is 38.0. The molecule has 0 bridgehead atoms. The maximum atomic E-state index is 12.4. The molecule has 0 fully saturated rings. The van der Waals surface area contributed by atoms with Gasteiger partial charge in [-0.15, -0.1) is 0 Å². The molecule has 0 aliphatic carbocycles. The van der Waals surface area contributed by atoms with Gasteiger partial charge in [0.05, 0.1) is 25.4 Å². The second-order valence-electron chi connectivity index (χ2n) is 15.0. The van der Waals surface area contributed by atoms with Gasteiger partial charge in [0.15, 0.2) is 0 Å². The molecule has 0 spiro atoms. The molecule has 6 heteroatoms. The molecule has 2 unspecified atom stereocenters. The first kappa shape index (κ1) is 50.1. The predicted octanol–water partition coefficient (Wildman–Crippen LogP) is 12.6. The summed E-state index contributed by atoms with van der Waals surface area (Å²) in [4.78, 5) is 24.3. The largest absolute Gasteiger partial charge is 0.466 e. The Hall–Kier alpha value is -1.92. The van der Waals surface area contributed by atoms with Crippen molar-refractivity contribution in [3.05, 3.63) is 36.5 Å². The van der Waals surface area contributed by atoms with Gasteiger partial charge in [0.2, 0.25) is 5.91 Å². The van der Waals surface area contributed by atoms with E-state index < -0.39 is 12.1 Å². The fourth-order valence-corrected chi connectivity index (χ4v) is 6.37. The van der Waals surface area contributed by atoms with Gasteiger partial charge in [-0.2, -0.15) is 0 Å².